The van der Waals surface area contributed by atoms with E-state index in [1.807, 2.05) is 37.4 Å². The van der Waals surface area contributed by atoms with Crippen LogP contribution in [0.1, 0.15) is 16.7 Å². The van der Waals surface area contributed by atoms with Crippen LogP contribution in [0.3, 0.4) is 0 Å². The Labute approximate surface area is 171 Å². The summed E-state index contributed by atoms with van der Waals surface area (Å²) in [5.41, 5.74) is 4.19. The molecule has 1 fully saturated rings. The first-order valence-electron chi connectivity index (χ1n) is 9.03. The Hall–Kier alpha value is -3.32. The smallest absolute Gasteiger partial charge is 0.323 e. The maximum absolute atomic E-state index is 12.5. The van der Waals surface area contributed by atoms with Crippen molar-refractivity contribution >= 4 is 45.9 Å². The van der Waals surface area contributed by atoms with Gasteiger partial charge in [-0.2, -0.15) is 0 Å². The molecule has 7 heteroatoms. The molecule has 1 aliphatic heterocycles. The molecule has 0 aliphatic carbocycles. The molecular weight excluding hydrogens is 388 g/mol. The van der Waals surface area contributed by atoms with Gasteiger partial charge in [0.1, 0.15) is 6.54 Å². The van der Waals surface area contributed by atoms with Crippen LogP contribution < -0.4 is 0 Å². The number of nitrogens with zero attached hydrogens (tertiary/aromatic N) is 2. The maximum atomic E-state index is 12.5. The predicted molar refractivity (Wildman–Crippen MR) is 113 cm³/mol. The van der Waals surface area contributed by atoms with Crippen molar-refractivity contribution < 1.29 is 19.5 Å². The second-order valence-electron chi connectivity index (χ2n) is 6.88. The van der Waals surface area contributed by atoms with Gasteiger partial charge in [0.25, 0.3) is 11.1 Å². The summed E-state index contributed by atoms with van der Waals surface area (Å²) in [5.74, 6) is -1.79. The number of carboxylic acid groups (broad SMARTS) is 1. The first kappa shape index (κ1) is 19.0. The van der Waals surface area contributed by atoms with Gasteiger partial charge in [-0.15, -0.1) is 0 Å². The van der Waals surface area contributed by atoms with Crippen LogP contribution in [-0.4, -0.2) is 38.2 Å². The summed E-state index contributed by atoms with van der Waals surface area (Å²) in [4.78, 5) is 36.4. The molecule has 1 aromatic heterocycles. The molecule has 0 bridgehead atoms. The Balaban J connectivity index is 1.70. The highest BCUT2D eigenvalue weighted by Gasteiger charge is 2.36. The Morgan fingerprint density at radius 2 is 1.83 bits per heavy atom. The van der Waals surface area contributed by atoms with Crippen molar-refractivity contribution in [1.82, 2.24) is 9.47 Å². The van der Waals surface area contributed by atoms with Gasteiger partial charge in [0.2, 0.25) is 0 Å². The Kier molecular flexibility index (Phi) is 4.98. The van der Waals surface area contributed by atoms with Crippen LogP contribution in [0.5, 0.6) is 0 Å². The monoisotopic (exact) mass is 406 g/mol. The molecule has 0 spiro atoms. The number of fused-ring (bicyclic) bond motifs is 1. The Morgan fingerprint density at radius 1 is 1.10 bits per heavy atom. The average Bonchev–Trinajstić information content (AvgIpc) is 3.16. The zero-order valence-electron chi connectivity index (χ0n) is 15.7. The highest BCUT2D eigenvalue weighted by atomic mass is 32.2. The topological polar surface area (TPSA) is 79.6 Å². The van der Waals surface area contributed by atoms with Crippen molar-refractivity contribution in [3.05, 3.63) is 76.3 Å². The average molecular weight is 406 g/mol. The lowest BCUT2D eigenvalue weighted by atomic mass is 10.1. The van der Waals surface area contributed by atoms with Gasteiger partial charge in [-0.3, -0.25) is 19.3 Å². The van der Waals surface area contributed by atoms with E-state index in [1.165, 1.54) is 5.56 Å². The summed E-state index contributed by atoms with van der Waals surface area (Å²) >= 11 is 0.768. The molecule has 0 atom stereocenters. The molecule has 29 heavy (non-hydrogen) atoms. The number of carboxylic acids is 1. The molecule has 6 nitrogen and oxygen atoms in total. The minimum absolute atomic E-state index is 0.231. The lowest BCUT2D eigenvalue weighted by Crippen LogP contribution is -2.33. The summed E-state index contributed by atoms with van der Waals surface area (Å²) in [6.07, 6.45) is 3.62. The molecule has 1 aliphatic rings. The van der Waals surface area contributed by atoms with E-state index >= 15 is 0 Å². The first-order chi connectivity index (χ1) is 13.9. The molecule has 2 amide bonds. The number of hydrogen-bond acceptors (Lipinski definition) is 4. The maximum Gasteiger partial charge on any atom is 0.323 e. The Bertz CT molecular complexity index is 1160. The largest absolute Gasteiger partial charge is 0.480 e. The van der Waals surface area contributed by atoms with Gasteiger partial charge < -0.3 is 9.67 Å². The molecule has 4 rings (SSSR count). The van der Waals surface area contributed by atoms with Gasteiger partial charge in [-0.1, -0.05) is 48.0 Å². The van der Waals surface area contributed by atoms with Crippen molar-refractivity contribution in [3.8, 4) is 0 Å². The lowest BCUT2D eigenvalue weighted by molar-refractivity contribution is -0.140. The van der Waals surface area contributed by atoms with E-state index in [2.05, 4.69) is 28.8 Å². The van der Waals surface area contributed by atoms with Crippen LogP contribution in [0.25, 0.3) is 17.0 Å². The van der Waals surface area contributed by atoms with Crippen LogP contribution in [0.4, 0.5) is 4.79 Å². The van der Waals surface area contributed by atoms with Crippen LogP contribution >= 0.6 is 11.8 Å². The van der Waals surface area contributed by atoms with Crippen LogP contribution in [0, 0.1) is 6.92 Å². The second-order valence-corrected chi connectivity index (χ2v) is 7.87. The van der Waals surface area contributed by atoms with Crippen molar-refractivity contribution in [2.75, 3.05) is 6.54 Å². The highest BCUT2D eigenvalue weighted by molar-refractivity contribution is 8.18. The molecule has 146 valence electrons. The molecule has 3 aromatic rings. The van der Waals surface area contributed by atoms with Crippen molar-refractivity contribution in [2.24, 2.45) is 0 Å². The number of aliphatic carboxylic acids is 1. The van der Waals surface area contributed by atoms with E-state index in [0.717, 1.165) is 38.7 Å². The molecule has 0 saturated carbocycles. The minimum Gasteiger partial charge on any atom is -0.480 e. The third kappa shape index (κ3) is 3.82. The lowest BCUT2D eigenvalue weighted by Gasteiger charge is -2.07. The number of thioether (sulfide) groups is 1. The Morgan fingerprint density at radius 3 is 2.55 bits per heavy atom. The quantitative estimate of drug-likeness (QED) is 0.645. The zero-order chi connectivity index (χ0) is 20.5. The summed E-state index contributed by atoms with van der Waals surface area (Å²) < 4.78 is 2.10. The number of aromatic nitrogens is 1. The van der Waals surface area contributed by atoms with E-state index in [9.17, 15) is 14.4 Å². The van der Waals surface area contributed by atoms with Gasteiger partial charge in [-0.05, 0) is 36.4 Å². The van der Waals surface area contributed by atoms with Gasteiger partial charge in [-0.25, -0.2) is 0 Å². The number of para-hydroxylation sites is 1. The summed E-state index contributed by atoms with van der Waals surface area (Å²) in [6, 6.07) is 16.2. The molecular formula is C22H18N2O4S. The van der Waals surface area contributed by atoms with E-state index < -0.39 is 23.7 Å². The molecule has 0 unspecified atom stereocenters. The van der Waals surface area contributed by atoms with Gasteiger partial charge >= 0.3 is 5.97 Å². The number of aryl methyl sites for hydroxylation is 1. The number of carbonyl (C=O) groups excluding carboxylic acids is 2. The van der Waals surface area contributed by atoms with Gasteiger partial charge in [0.05, 0.1) is 4.91 Å². The fraction of sp³-hybridized carbons (Fsp3) is 0.136. The third-order valence-corrected chi connectivity index (χ3v) is 5.65. The molecule has 2 aromatic carbocycles. The third-order valence-electron chi connectivity index (χ3n) is 4.75. The van der Waals surface area contributed by atoms with Gasteiger partial charge in [0.15, 0.2) is 0 Å². The zero-order valence-corrected chi connectivity index (χ0v) is 16.5. The van der Waals surface area contributed by atoms with Crippen LogP contribution in [0.2, 0.25) is 0 Å². The minimum atomic E-state index is -1.22. The first-order valence-corrected chi connectivity index (χ1v) is 9.84. The number of carbonyl (C=O) groups is 3. The van der Waals surface area contributed by atoms with Crippen molar-refractivity contribution in [2.45, 2.75) is 13.5 Å². The number of amides is 2. The standard InChI is InChI=1S/C22H18N2O4S/c1-14-6-8-15(9-7-14)11-23-12-16(17-4-2-3-5-18(17)23)10-19-21(27)24(13-20(25)26)22(28)29-19/h2-10,12H,11,13H2,1H3,(H,25,26)/b19-10+. The fourth-order valence-corrected chi connectivity index (χ4v) is 4.15. The number of rotatable bonds is 5. The van der Waals surface area contributed by atoms with Gasteiger partial charge in [0, 0.05) is 29.2 Å². The summed E-state index contributed by atoms with van der Waals surface area (Å²) in [5, 5.41) is 9.31. The number of hydrogen-bond donors (Lipinski definition) is 1. The van der Waals surface area contributed by atoms with E-state index in [4.69, 9.17) is 5.11 Å². The molecule has 1 N–H and O–H groups in total. The van der Waals surface area contributed by atoms with Crippen LogP contribution in [-0.2, 0) is 16.1 Å². The molecule has 0 radical (unpaired) electrons. The van der Waals surface area contributed by atoms with Crippen molar-refractivity contribution in [1.29, 1.82) is 0 Å². The normalized spacial score (nSPS) is 15.6. The molecule has 1 saturated heterocycles. The SMILES string of the molecule is Cc1ccc(Cn2cc(/C=C3/SC(=O)N(CC(=O)O)C3=O)c3ccccc32)cc1. The van der Waals surface area contributed by atoms with Crippen molar-refractivity contribution in [3.63, 3.8) is 0 Å². The van der Waals surface area contributed by atoms with Crippen LogP contribution in [0.15, 0.2) is 59.6 Å². The molecule has 2 heterocycles. The highest BCUT2D eigenvalue weighted by Crippen LogP contribution is 2.34. The van der Waals surface area contributed by atoms with E-state index in [0.29, 0.717) is 6.54 Å². The summed E-state index contributed by atoms with van der Waals surface area (Å²) in [6.45, 7) is 2.09. The number of benzene rings is 2. The number of imide groups is 1. The van der Waals surface area contributed by atoms with E-state index in [-0.39, 0.29) is 4.91 Å². The summed E-state index contributed by atoms with van der Waals surface area (Å²) in [7, 11) is 0. The fourth-order valence-electron chi connectivity index (χ4n) is 3.32. The van der Waals surface area contributed by atoms with E-state index in [1.54, 1.807) is 6.08 Å². The predicted octanol–water partition coefficient (Wildman–Crippen LogP) is 4.12. The second kappa shape index (κ2) is 7.60.